The number of fused-ring (bicyclic) bond motifs is 1. The first-order valence-corrected chi connectivity index (χ1v) is 6.98. The summed E-state index contributed by atoms with van der Waals surface area (Å²) in [4.78, 5) is 16.9. The van der Waals surface area contributed by atoms with Gasteiger partial charge in [-0.25, -0.2) is 0 Å². The van der Waals surface area contributed by atoms with Gasteiger partial charge in [-0.1, -0.05) is 36.4 Å². The van der Waals surface area contributed by atoms with Crippen LogP contribution in [0.15, 0.2) is 60.8 Å². The molecule has 19 heavy (non-hydrogen) atoms. The van der Waals surface area contributed by atoms with Crippen molar-refractivity contribution in [2.45, 2.75) is 0 Å². The molecule has 1 heterocycles. The molecule has 3 heteroatoms. The van der Waals surface area contributed by atoms with Gasteiger partial charge < -0.3 is 0 Å². The van der Waals surface area contributed by atoms with Crippen LogP contribution in [0.4, 0.5) is 0 Å². The topological polar surface area (TPSA) is 30.0 Å². The predicted octanol–water partition coefficient (Wildman–Crippen LogP) is 4.07. The molecule has 0 atom stereocenters. The van der Waals surface area contributed by atoms with Crippen LogP contribution in [0, 0.1) is 3.57 Å². The van der Waals surface area contributed by atoms with Gasteiger partial charge in [0.25, 0.3) is 0 Å². The van der Waals surface area contributed by atoms with Crippen molar-refractivity contribution >= 4 is 39.1 Å². The summed E-state index contributed by atoms with van der Waals surface area (Å²) in [5.74, 6) is -0.0261. The highest BCUT2D eigenvalue weighted by Gasteiger charge is 2.15. The lowest BCUT2D eigenvalue weighted by molar-refractivity contribution is 0.103. The average Bonchev–Trinajstić information content (AvgIpc) is 2.46. The summed E-state index contributed by atoms with van der Waals surface area (Å²) >= 11 is 2.18. The van der Waals surface area contributed by atoms with Crippen molar-refractivity contribution in [2.75, 3.05) is 0 Å². The molecule has 3 aromatic rings. The Hall–Kier alpha value is -1.75. The van der Waals surface area contributed by atoms with Gasteiger partial charge in [0.05, 0.1) is 0 Å². The van der Waals surface area contributed by atoms with Crippen molar-refractivity contribution in [3.63, 3.8) is 0 Å². The highest BCUT2D eigenvalue weighted by molar-refractivity contribution is 14.1. The summed E-state index contributed by atoms with van der Waals surface area (Å²) in [6.07, 6.45) is 1.69. The molecule has 0 fully saturated rings. The number of hydrogen-bond donors (Lipinski definition) is 0. The van der Waals surface area contributed by atoms with Crippen LogP contribution in [-0.2, 0) is 0 Å². The van der Waals surface area contributed by atoms with Crippen LogP contribution in [-0.4, -0.2) is 10.8 Å². The van der Waals surface area contributed by atoms with E-state index in [-0.39, 0.29) is 5.78 Å². The summed E-state index contributed by atoms with van der Waals surface area (Å²) in [6, 6.07) is 17.3. The Bertz CT molecular complexity index is 762. The maximum Gasteiger partial charge on any atom is 0.213 e. The van der Waals surface area contributed by atoms with Crippen molar-refractivity contribution in [1.29, 1.82) is 0 Å². The smallest absolute Gasteiger partial charge is 0.213 e. The van der Waals surface area contributed by atoms with Gasteiger partial charge in [-0.3, -0.25) is 9.78 Å². The number of carbonyl (C=O) groups excluding carboxylic acids is 1. The number of nitrogens with zero attached hydrogens (tertiary/aromatic N) is 1. The average molecular weight is 359 g/mol. The van der Waals surface area contributed by atoms with Gasteiger partial charge in [0, 0.05) is 20.7 Å². The van der Waals surface area contributed by atoms with Gasteiger partial charge in [-0.2, -0.15) is 0 Å². The monoisotopic (exact) mass is 359 g/mol. The second-order valence-corrected chi connectivity index (χ2v) is 5.35. The van der Waals surface area contributed by atoms with E-state index in [1.807, 2.05) is 54.6 Å². The molecule has 0 aliphatic carbocycles. The highest BCUT2D eigenvalue weighted by atomic mass is 127. The van der Waals surface area contributed by atoms with Gasteiger partial charge in [-0.05, 0) is 46.2 Å². The summed E-state index contributed by atoms with van der Waals surface area (Å²) in [7, 11) is 0. The Morgan fingerprint density at radius 2 is 1.68 bits per heavy atom. The molecule has 0 unspecified atom stereocenters. The second kappa shape index (κ2) is 5.09. The molecule has 1 aromatic heterocycles. The van der Waals surface area contributed by atoms with Gasteiger partial charge >= 0.3 is 0 Å². The lowest BCUT2D eigenvalue weighted by atomic mass is 10.0. The molecular formula is C16H10INO. The molecule has 2 nitrogen and oxygen atoms in total. The van der Waals surface area contributed by atoms with E-state index in [9.17, 15) is 4.79 Å². The number of rotatable bonds is 2. The van der Waals surface area contributed by atoms with E-state index in [1.165, 1.54) is 0 Å². The van der Waals surface area contributed by atoms with E-state index in [1.54, 1.807) is 6.20 Å². The molecular weight excluding hydrogens is 349 g/mol. The van der Waals surface area contributed by atoms with Crippen LogP contribution in [0.25, 0.3) is 10.8 Å². The fraction of sp³-hybridized carbons (Fsp3) is 0. The van der Waals surface area contributed by atoms with Crippen LogP contribution < -0.4 is 0 Å². The lowest BCUT2D eigenvalue weighted by Crippen LogP contribution is -2.06. The number of aromatic nitrogens is 1. The quantitative estimate of drug-likeness (QED) is 0.510. The van der Waals surface area contributed by atoms with Crippen LogP contribution >= 0.6 is 22.6 Å². The van der Waals surface area contributed by atoms with E-state index < -0.39 is 0 Å². The molecule has 0 saturated heterocycles. The van der Waals surface area contributed by atoms with Crippen molar-refractivity contribution in [3.8, 4) is 0 Å². The first-order chi connectivity index (χ1) is 9.27. The third-order valence-electron chi connectivity index (χ3n) is 3.01. The minimum absolute atomic E-state index is 0.0261. The Labute approximate surface area is 124 Å². The van der Waals surface area contributed by atoms with Crippen molar-refractivity contribution < 1.29 is 4.79 Å². The van der Waals surface area contributed by atoms with Gasteiger partial charge in [0.15, 0.2) is 0 Å². The predicted molar refractivity (Wildman–Crippen MR) is 84.3 cm³/mol. The van der Waals surface area contributed by atoms with E-state index in [0.717, 1.165) is 14.3 Å². The lowest BCUT2D eigenvalue weighted by Gasteiger charge is -2.06. The standard InChI is InChI=1S/C16H10INO/c17-14-8-4-3-7-13(14)16(19)15-12-6-2-1-5-11(12)9-10-18-15/h1-10H. The molecule has 0 aliphatic rings. The summed E-state index contributed by atoms with van der Waals surface area (Å²) < 4.78 is 0.944. The first-order valence-electron chi connectivity index (χ1n) is 5.90. The number of halogens is 1. The van der Waals surface area contributed by atoms with Gasteiger partial charge in [0.1, 0.15) is 5.69 Å². The molecule has 0 N–H and O–H groups in total. The Morgan fingerprint density at radius 3 is 2.53 bits per heavy atom. The molecule has 0 saturated carbocycles. The molecule has 2 aromatic carbocycles. The molecule has 3 rings (SSSR count). The molecule has 0 amide bonds. The largest absolute Gasteiger partial charge is 0.287 e. The van der Waals surface area contributed by atoms with E-state index in [2.05, 4.69) is 27.6 Å². The number of benzene rings is 2. The Morgan fingerprint density at radius 1 is 0.947 bits per heavy atom. The minimum Gasteiger partial charge on any atom is -0.287 e. The van der Waals surface area contributed by atoms with E-state index >= 15 is 0 Å². The van der Waals surface area contributed by atoms with Crippen molar-refractivity contribution in [3.05, 3.63) is 75.6 Å². The van der Waals surface area contributed by atoms with Crippen LogP contribution in [0.3, 0.4) is 0 Å². The summed E-state index contributed by atoms with van der Waals surface area (Å²) in [6.45, 7) is 0. The molecule has 0 radical (unpaired) electrons. The van der Waals surface area contributed by atoms with E-state index in [0.29, 0.717) is 11.3 Å². The number of hydrogen-bond acceptors (Lipinski definition) is 2. The zero-order valence-corrected chi connectivity index (χ0v) is 12.2. The fourth-order valence-corrected chi connectivity index (χ4v) is 2.71. The maximum atomic E-state index is 12.6. The van der Waals surface area contributed by atoms with Crippen LogP contribution in [0.1, 0.15) is 16.1 Å². The SMILES string of the molecule is O=C(c1ccccc1I)c1nccc2ccccc12. The fourth-order valence-electron chi connectivity index (χ4n) is 2.07. The zero-order valence-electron chi connectivity index (χ0n) is 10.0. The van der Waals surface area contributed by atoms with Gasteiger partial charge in [-0.15, -0.1) is 0 Å². The van der Waals surface area contributed by atoms with E-state index in [4.69, 9.17) is 0 Å². The minimum atomic E-state index is -0.0261. The number of ketones is 1. The molecule has 0 bridgehead atoms. The Balaban J connectivity index is 2.20. The molecule has 0 spiro atoms. The Kier molecular flexibility index (Phi) is 3.29. The summed E-state index contributed by atoms with van der Waals surface area (Å²) in [5, 5.41) is 1.93. The molecule has 92 valence electrons. The second-order valence-electron chi connectivity index (χ2n) is 4.19. The number of pyridine rings is 1. The highest BCUT2D eigenvalue weighted by Crippen LogP contribution is 2.21. The van der Waals surface area contributed by atoms with Gasteiger partial charge in [0.2, 0.25) is 5.78 Å². The summed E-state index contributed by atoms with van der Waals surface area (Å²) in [5.41, 5.74) is 1.22. The van der Waals surface area contributed by atoms with Crippen LogP contribution in [0.5, 0.6) is 0 Å². The third-order valence-corrected chi connectivity index (χ3v) is 3.95. The molecule has 0 aliphatic heterocycles. The normalized spacial score (nSPS) is 10.6. The van der Waals surface area contributed by atoms with Crippen LogP contribution in [0.2, 0.25) is 0 Å². The van der Waals surface area contributed by atoms with Crippen molar-refractivity contribution in [2.24, 2.45) is 0 Å². The number of carbonyl (C=O) groups is 1. The zero-order chi connectivity index (χ0) is 13.2. The third kappa shape index (κ3) is 2.26. The van der Waals surface area contributed by atoms with Crippen molar-refractivity contribution in [1.82, 2.24) is 4.98 Å². The first kappa shape index (κ1) is 12.3. The maximum absolute atomic E-state index is 12.6.